The molecule has 0 radical (unpaired) electrons. The predicted molar refractivity (Wildman–Crippen MR) is 90.6 cm³/mol. The van der Waals surface area contributed by atoms with E-state index in [0.717, 1.165) is 6.54 Å². The van der Waals surface area contributed by atoms with Crippen molar-refractivity contribution in [2.45, 2.75) is 45.1 Å². The molecule has 0 aromatic heterocycles. The van der Waals surface area contributed by atoms with Gasteiger partial charge in [0, 0.05) is 6.04 Å². The van der Waals surface area contributed by atoms with Gasteiger partial charge in [0.15, 0.2) is 0 Å². The van der Waals surface area contributed by atoms with Crippen LogP contribution in [-0.2, 0) is 5.41 Å². The van der Waals surface area contributed by atoms with E-state index in [1.807, 2.05) is 0 Å². The summed E-state index contributed by atoms with van der Waals surface area (Å²) in [5, 5.41) is 3.72. The lowest BCUT2D eigenvalue weighted by atomic mass is 9.86. The predicted octanol–water partition coefficient (Wildman–Crippen LogP) is 5.08. The van der Waals surface area contributed by atoms with Crippen LogP contribution < -0.4 is 5.32 Å². The molecule has 1 unspecified atom stereocenters. The molecule has 0 amide bonds. The van der Waals surface area contributed by atoms with Crippen molar-refractivity contribution in [2.24, 2.45) is 0 Å². The molecular formula is C20H25N. The molecular weight excluding hydrogens is 254 g/mol. The van der Waals surface area contributed by atoms with E-state index in [4.69, 9.17) is 0 Å². The lowest BCUT2D eigenvalue weighted by Crippen LogP contribution is -2.22. The van der Waals surface area contributed by atoms with E-state index >= 15 is 0 Å². The van der Waals surface area contributed by atoms with Crippen LogP contribution in [0.1, 0.15) is 50.8 Å². The van der Waals surface area contributed by atoms with E-state index < -0.39 is 0 Å². The molecule has 1 heteroatoms. The van der Waals surface area contributed by atoms with Gasteiger partial charge >= 0.3 is 0 Å². The fourth-order valence-electron chi connectivity index (χ4n) is 3.51. The monoisotopic (exact) mass is 279 g/mol. The van der Waals surface area contributed by atoms with Gasteiger partial charge in [-0.3, -0.25) is 0 Å². The van der Waals surface area contributed by atoms with Gasteiger partial charge in [-0.1, -0.05) is 63.2 Å². The molecule has 0 saturated heterocycles. The van der Waals surface area contributed by atoms with Crippen LogP contribution in [0.5, 0.6) is 0 Å². The first-order chi connectivity index (χ1) is 10.1. The fraction of sp³-hybridized carbons (Fsp3) is 0.400. The second kappa shape index (κ2) is 5.65. The van der Waals surface area contributed by atoms with Gasteiger partial charge in [-0.15, -0.1) is 0 Å². The Morgan fingerprint density at radius 2 is 1.81 bits per heavy atom. The first kappa shape index (κ1) is 14.3. The molecule has 1 nitrogen and oxygen atoms in total. The lowest BCUT2D eigenvalue weighted by Gasteiger charge is -2.19. The van der Waals surface area contributed by atoms with Crippen LogP contribution in [-0.4, -0.2) is 6.54 Å². The van der Waals surface area contributed by atoms with Gasteiger partial charge in [-0.25, -0.2) is 0 Å². The molecule has 2 aromatic carbocycles. The first-order valence-electron chi connectivity index (χ1n) is 8.05. The number of nitrogens with one attached hydrogen (secondary N) is 1. The highest BCUT2D eigenvalue weighted by atomic mass is 14.9. The minimum atomic E-state index is 0.274. The molecule has 0 bridgehead atoms. The van der Waals surface area contributed by atoms with Crippen LogP contribution >= 0.6 is 0 Å². The van der Waals surface area contributed by atoms with Gasteiger partial charge in [0.2, 0.25) is 0 Å². The van der Waals surface area contributed by atoms with Crippen LogP contribution in [0.2, 0.25) is 0 Å². The Morgan fingerprint density at radius 3 is 2.52 bits per heavy atom. The zero-order valence-corrected chi connectivity index (χ0v) is 13.3. The van der Waals surface area contributed by atoms with Crippen LogP contribution in [0.25, 0.3) is 11.1 Å². The summed E-state index contributed by atoms with van der Waals surface area (Å²) in [6.45, 7) is 8.05. The number of benzene rings is 2. The quantitative estimate of drug-likeness (QED) is 0.823. The van der Waals surface area contributed by atoms with E-state index in [0.29, 0.717) is 6.04 Å². The second-order valence-corrected chi connectivity index (χ2v) is 6.76. The highest BCUT2D eigenvalue weighted by Gasteiger charge is 2.36. The normalized spacial score (nSPS) is 19.5. The maximum absolute atomic E-state index is 3.72. The Kier molecular flexibility index (Phi) is 3.86. The number of rotatable bonds is 4. The van der Waals surface area contributed by atoms with E-state index in [1.165, 1.54) is 35.1 Å². The largest absolute Gasteiger partial charge is 0.310 e. The highest BCUT2D eigenvalue weighted by molar-refractivity contribution is 5.66. The van der Waals surface area contributed by atoms with Crippen LogP contribution in [0, 0.1) is 0 Å². The van der Waals surface area contributed by atoms with Crippen molar-refractivity contribution in [1.29, 1.82) is 0 Å². The molecule has 21 heavy (non-hydrogen) atoms. The maximum atomic E-state index is 3.72. The summed E-state index contributed by atoms with van der Waals surface area (Å²) in [5.74, 6) is 0. The smallest absolute Gasteiger partial charge is 0.0331 e. The van der Waals surface area contributed by atoms with E-state index in [1.54, 1.807) is 0 Å². The minimum absolute atomic E-state index is 0.274. The molecule has 1 atom stereocenters. The molecule has 2 aromatic rings. The Bertz CT molecular complexity index is 613. The summed E-state index contributed by atoms with van der Waals surface area (Å²) >= 11 is 0. The number of hydrogen-bond acceptors (Lipinski definition) is 1. The topological polar surface area (TPSA) is 12.0 Å². The molecule has 0 spiro atoms. The van der Waals surface area contributed by atoms with Crippen molar-refractivity contribution in [2.75, 3.05) is 6.54 Å². The van der Waals surface area contributed by atoms with Crippen molar-refractivity contribution in [3.8, 4) is 11.1 Å². The molecule has 0 aliphatic heterocycles. The standard InChI is InChI=1S/C20H25N/c1-4-12-21-19-14-20(2,3)18-11-10-16(13-17(18)19)15-8-6-5-7-9-15/h5-11,13,19,21H,4,12,14H2,1-3H3. The summed E-state index contributed by atoms with van der Waals surface area (Å²) in [7, 11) is 0. The summed E-state index contributed by atoms with van der Waals surface area (Å²) in [6, 6.07) is 18.2. The Labute approximate surface area is 128 Å². The molecule has 1 N–H and O–H groups in total. The van der Waals surface area contributed by atoms with Gasteiger partial charge in [0.25, 0.3) is 0 Å². The molecule has 1 aliphatic rings. The van der Waals surface area contributed by atoms with Gasteiger partial charge < -0.3 is 5.32 Å². The Hall–Kier alpha value is -1.60. The Balaban J connectivity index is 2.00. The third-order valence-corrected chi connectivity index (χ3v) is 4.62. The van der Waals surface area contributed by atoms with Crippen LogP contribution in [0.15, 0.2) is 48.5 Å². The van der Waals surface area contributed by atoms with Crippen molar-refractivity contribution in [3.05, 3.63) is 59.7 Å². The van der Waals surface area contributed by atoms with Crippen molar-refractivity contribution < 1.29 is 0 Å². The van der Waals surface area contributed by atoms with E-state index in [-0.39, 0.29) is 5.41 Å². The summed E-state index contributed by atoms with van der Waals surface area (Å²) in [4.78, 5) is 0. The molecule has 1 aliphatic carbocycles. The van der Waals surface area contributed by atoms with Crippen molar-refractivity contribution >= 4 is 0 Å². The maximum Gasteiger partial charge on any atom is 0.0331 e. The summed E-state index contributed by atoms with van der Waals surface area (Å²) < 4.78 is 0. The van der Waals surface area contributed by atoms with Crippen LogP contribution in [0.4, 0.5) is 0 Å². The first-order valence-corrected chi connectivity index (χ1v) is 8.05. The van der Waals surface area contributed by atoms with Gasteiger partial charge in [-0.05, 0) is 53.1 Å². The molecule has 0 fully saturated rings. The molecule has 0 heterocycles. The Morgan fingerprint density at radius 1 is 1.05 bits per heavy atom. The summed E-state index contributed by atoms with van der Waals surface area (Å²) in [5.41, 5.74) is 5.91. The van der Waals surface area contributed by atoms with Gasteiger partial charge in [0.05, 0.1) is 0 Å². The highest BCUT2D eigenvalue weighted by Crippen LogP contribution is 2.45. The van der Waals surface area contributed by atoms with E-state index in [2.05, 4.69) is 74.6 Å². The second-order valence-electron chi connectivity index (χ2n) is 6.76. The average molecular weight is 279 g/mol. The van der Waals surface area contributed by atoms with Gasteiger partial charge in [-0.2, -0.15) is 0 Å². The average Bonchev–Trinajstić information content (AvgIpc) is 2.77. The molecule has 0 saturated carbocycles. The summed E-state index contributed by atoms with van der Waals surface area (Å²) in [6.07, 6.45) is 2.38. The van der Waals surface area contributed by atoms with E-state index in [9.17, 15) is 0 Å². The third kappa shape index (κ3) is 2.75. The fourth-order valence-corrected chi connectivity index (χ4v) is 3.51. The van der Waals surface area contributed by atoms with Gasteiger partial charge in [0.1, 0.15) is 0 Å². The van der Waals surface area contributed by atoms with Crippen LogP contribution in [0.3, 0.4) is 0 Å². The zero-order chi connectivity index (χ0) is 14.9. The number of hydrogen-bond donors (Lipinski definition) is 1. The third-order valence-electron chi connectivity index (χ3n) is 4.62. The lowest BCUT2D eigenvalue weighted by molar-refractivity contribution is 0.427. The molecule has 3 rings (SSSR count). The number of fused-ring (bicyclic) bond motifs is 1. The molecule has 110 valence electrons. The SMILES string of the molecule is CCCNC1CC(C)(C)c2ccc(-c3ccccc3)cc21. The minimum Gasteiger partial charge on any atom is -0.310 e. The van der Waals surface area contributed by atoms with Crippen molar-refractivity contribution in [3.63, 3.8) is 0 Å². The van der Waals surface area contributed by atoms with Crippen molar-refractivity contribution in [1.82, 2.24) is 5.32 Å². The zero-order valence-electron chi connectivity index (χ0n) is 13.3.